The molecule has 10 heteroatoms. The molecule has 3 amide bonds. The molecule has 1 aromatic carbocycles. The molecule has 0 aromatic heterocycles. The number of rotatable bonds is 8. The Hall–Kier alpha value is -2.01. The van der Waals surface area contributed by atoms with Gasteiger partial charge in [0.1, 0.15) is 6.54 Å². The fourth-order valence-corrected chi connectivity index (χ4v) is 3.69. The summed E-state index contributed by atoms with van der Waals surface area (Å²) in [5, 5.41) is 11.2. The zero-order valence-corrected chi connectivity index (χ0v) is 16.8. The third-order valence-electron chi connectivity index (χ3n) is 4.65. The van der Waals surface area contributed by atoms with Crippen LogP contribution in [0, 0.1) is 0 Å². The predicted molar refractivity (Wildman–Crippen MR) is 101 cm³/mol. The van der Waals surface area contributed by atoms with E-state index in [9.17, 15) is 14.4 Å². The van der Waals surface area contributed by atoms with E-state index in [-0.39, 0.29) is 18.9 Å². The molecule has 3 rings (SSSR count). The number of carbonyl (C=O) groups excluding carboxylic acids is 3. The van der Waals surface area contributed by atoms with Gasteiger partial charge in [0.15, 0.2) is 0 Å². The van der Waals surface area contributed by atoms with Gasteiger partial charge in [0, 0.05) is 23.0 Å². The Kier molecular flexibility index (Phi) is 6.65. The quantitative estimate of drug-likeness (QED) is 0.307. The first-order chi connectivity index (χ1) is 13.5. The number of halogens is 1. The number of nitrogens with one attached hydrogen (secondary N) is 2. The number of benzene rings is 1. The van der Waals surface area contributed by atoms with Gasteiger partial charge in [0.05, 0.1) is 18.9 Å². The summed E-state index contributed by atoms with van der Waals surface area (Å²) in [5.74, 6) is -2.58. The molecule has 2 heterocycles. The first-order valence-electron chi connectivity index (χ1n) is 9.07. The number of carbonyl (C=O) groups is 3. The molecule has 152 valence electrons. The second-order valence-corrected chi connectivity index (χ2v) is 7.48. The van der Waals surface area contributed by atoms with Gasteiger partial charge in [-0.3, -0.25) is 24.5 Å². The van der Waals surface area contributed by atoms with Crippen LogP contribution in [0.5, 0.6) is 0 Å². The summed E-state index contributed by atoms with van der Waals surface area (Å²) in [6.45, 7) is 0.930. The summed E-state index contributed by atoms with van der Waals surface area (Å²) < 4.78 is 12.1. The summed E-state index contributed by atoms with van der Waals surface area (Å²) in [4.78, 5) is 37.6. The van der Waals surface area contributed by atoms with Crippen LogP contribution >= 0.6 is 15.9 Å². The minimum absolute atomic E-state index is 0.130. The summed E-state index contributed by atoms with van der Waals surface area (Å²) in [6, 6.07) is 5.34. The van der Waals surface area contributed by atoms with Crippen LogP contribution in [0.1, 0.15) is 31.2 Å². The highest BCUT2D eigenvalue weighted by Gasteiger charge is 2.56. The van der Waals surface area contributed by atoms with Crippen LogP contribution in [0.4, 0.5) is 5.69 Å². The van der Waals surface area contributed by atoms with Gasteiger partial charge in [-0.15, -0.1) is 0 Å². The van der Waals surface area contributed by atoms with Crippen molar-refractivity contribution in [3.63, 3.8) is 0 Å². The van der Waals surface area contributed by atoms with Crippen molar-refractivity contribution in [2.75, 3.05) is 31.2 Å². The topological polar surface area (TPSA) is 117 Å². The highest BCUT2D eigenvalue weighted by atomic mass is 79.9. The monoisotopic (exact) mass is 455 g/mol. The number of amides is 3. The minimum atomic E-state index is -1.47. The molecule has 0 aliphatic carbocycles. The number of anilines is 1. The minimum Gasteiger partial charge on any atom is -0.355 e. The lowest BCUT2D eigenvalue weighted by Gasteiger charge is -2.21. The Labute approximate surface area is 170 Å². The molecule has 0 bridgehead atoms. The van der Waals surface area contributed by atoms with Crippen LogP contribution in [0.2, 0.25) is 0 Å². The molecule has 1 fully saturated rings. The molecular weight excluding hydrogens is 434 g/mol. The van der Waals surface area contributed by atoms with Crippen molar-refractivity contribution in [3.8, 4) is 0 Å². The fraction of sp³-hybridized carbons (Fsp3) is 0.500. The van der Waals surface area contributed by atoms with Crippen molar-refractivity contribution >= 4 is 39.3 Å². The largest absolute Gasteiger partial charge is 0.355 e. The first kappa shape index (κ1) is 20.7. The average molecular weight is 456 g/mol. The lowest BCUT2D eigenvalue weighted by molar-refractivity contribution is -0.180. The van der Waals surface area contributed by atoms with Gasteiger partial charge in [-0.05, 0) is 31.0 Å². The molecule has 0 atom stereocenters. The van der Waals surface area contributed by atoms with E-state index in [0.717, 1.165) is 10.9 Å². The maximum absolute atomic E-state index is 13.0. The van der Waals surface area contributed by atoms with Gasteiger partial charge in [-0.25, -0.2) is 5.48 Å². The Morgan fingerprint density at radius 2 is 1.93 bits per heavy atom. The van der Waals surface area contributed by atoms with Crippen molar-refractivity contribution in [2.45, 2.75) is 31.5 Å². The molecule has 0 saturated carbocycles. The van der Waals surface area contributed by atoms with Gasteiger partial charge in [0.2, 0.25) is 11.8 Å². The van der Waals surface area contributed by atoms with Crippen molar-refractivity contribution < 1.29 is 29.1 Å². The molecule has 3 N–H and O–H groups in total. The van der Waals surface area contributed by atoms with Gasteiger partial charge in [-0.2, -0.15) is 0 Å². The number of hydrogen-bond acceptors (Lipinski definition) is 6. The zero-order valence-electron chi connectivity index (χ0n) is 15.2. The molecule has 9 nitrogen and oxygen atoms in total. The molecule has 0 unspecified atom stereocenters. The smallest absolute Gasteiger partial charge is 0.293 e. The summed E-state index contributed by atoms with van der Waals surface area (Å²) in [6.07, 6.45) is 2.28. The molecule has 28 heavy (non-hydrogen) atoms. The summed E-state index contributed by atoms with van der Waals surface area (Å²) in [5.41, 5.74) is 2.78. The van der Waals surface area contributed by atoms with E-state index in [4.69, 9.17) is 14.7 Å². The first-order valence-corrected chi connectivity index (χ1v) is 9.87. The number of hydroxylamine groups is 1. The molecule has 1 saturated heterocycles. The normalized spacial score (nSPS) is 17.1. The van der Waals surface area contributed by atoms with Crippen molar-refractivity contribution in [1.82, 2.24) is 10.8 Å². The summed E-state index contributed by atoms with van der Waals surface area (Å²) in [7, 11) is 0. The van der Waals surface area contributed by atoms with E-state index < -0.39 is 17.6 Å². The van der Waals surface area contributed by atoms with Crippen LogP contribution in [-0.4, -0.2) is 49.2 Å². The molecule has 0 radical (unpaired) electrons. The third-order valence-corrected chi connectivity index (χ3v) is 5.15. The van der Waals surface area contributed by atoms with Crippen LogP contribution in [0.25, 0.3) is 0 Å². The number of ether oxygens (including phenoxy) is 2. The Morgan fingerprint density at radius 1 is 1.18 bits per heavy atom. The zero-order chi connectivity index (χ0) is 20.1. The van der Waals surface area contributed by atoms with E-state index in [1.807, 2.05) is 0 Å². The summed E-state index contributed by atoms with van der Waals surface area (Å²) >= 11 is 3.40. The number of unbranched alkanes of at least 4 members (excludes halogenated alkanes) is 2. The lowest BCUT2D eigenvalue weighted by atomic mass is 10.1. The number of nitrogens with zero attached hydrogens (tertiary/aromatic N) is 1. The second-order valence-electron chi connectivity index (χ2n) is 6.56. The van der Waals surface area contributed by atoms with Crippen LogP contribution in [-0.2, 0) is 29.6 Å². The van der Waals surface area contributed by atoms with Crippen LogP contribution in [0.15, 0.2) is 22.7 Å². The van der Waals surface area contributed by atoms with Crippen molar-refractivity contribution in [2.24, 2.45) is 0 Å². The van der Waals surface area contributed by atoms with E-state index >= 15 is 0 Å². The van der Waals surface area contributed by atoms with Crippen LogP contribution < -0.4 is 15.7 Å². The number of hydrogen-bond donors (Lipinski definition) is 3. The maximum Gasteiger partial charge on any atom is 0.293 e. The Bertz CT molecular complexity index is 766. The predicted octanol–water partition coefficient (Wildman–Crippen LogP) is 1.18. The van der Waals surface area contributed by atoms with E-state index in [0.29, 0.717) is 43.9 Å². The second kappa shape index (κ2) is 8.99. The molecule has 1 aromatic rings. The molecule has 1 spiro atoms. The van der Waals surface area contributed by atoms with E-state index in [2.05, 4.69) is 21.2 Å². The van der Waals surface area contributed by atoms with E-state index in [1.165, 1.54) is 4.90 Å². The number of fused-ring (bicyclic) bond motifs is 2. The highest BCUT2D eigenvalue weighted by molar-refractivity contribution is 9.10. The average Bonchev–Trinajstić information content (AvgIpc) is 3.26. The van der Waals surface area contributed by atoms with Gasteiger partial charge in [-0.1, -0.05) is 22.4 Å². The molecular formula is C18H22BrN3O6. The lowest BCUT2D eigenvalue weighted by Crippen LogP contribution is -2.45. The van der Waals surface area contributed by atoms with E-state index in [1.54, 1.807) is 23.7 Å². The van der Waals surface area contributed by atoms with Gasteiger partial charge < -0.3 is 14.8 Å². The standard InChI is InChI=1S/C18H22BrN3O6/c19-12-5-6-14-13(10-12)18(27-8-9-28-18)17(25)22(14)11-16(24)20-7-3-1-2-4-15(23)21-26/h5-6,10,26H,1-4,7-9,11H2,(H,20,24)(H,21,23). The van der Waals surface area contributed by atoms with Crippen molar-refractivity contribution in [3.05, 3.63) is 28.2 Å². The van der Waals surface area contributed by atoms with Gasteiger partial charge >= 0.3 is 0 Å². The SMILES string of the molecule is O=C(CCCCCNC(=O)CN1C(=O)C2(OCCO2)c2cc(Br)ccc21)NO. The van der Waals surface area contributed by atoms with Crippen molar-refractivity contribution in [1.29, 1.82) is 0 Å². The fourth-order valence-electron chi connectivity index (χ4n) is 3.33. The highest BCUT2D eigenvalue weighted by Crippen LogP contribution is 2.46. The maximum atomic E-state index is 13.0. The third kappa shape index (κ3) is 4.19. The molecule has 2 aliphatic heterocycles. The van der Waals surface area contributed by atoms with Gasteiger partial charge in [0.25, 0.3) is 11.7 Å². The Morgan fingerprint density at radius 3 is 2.64 bits per heavy atom. The Balaban J connectivity index is 1.55. The van der Waals surface area contributed by atoms with Crippen LogP contribution in [0.3, 0.4) is 0 Å². The molecule has 2 aliphatic rings.